The van der Waals surface area contributed by atoms with Crippen molar-refractivity contribution in [3.05, 3.63) is 35.2 Å². The highest BCUT2D eigenvalue weighted by molar-refractivity contribution is 7.17. The van der Waals surface area contributed by atoms with E-state index in [1.807, 2.05) is 0 Å². The lowest BCUT2D eigenvalue weighted by molar-refractivity contribution is 0.128. The summed E-state index contributed by atoms with van der Waals surface area (Å²) in [5.74, 6) is 0. The van der Waals surface area contributed by atoms with Crippen molar-refractivity contribution >= 4 is 21.4 Å². The quantitative estimate of drug-likeness (QED) is 0.876. The Bertz CT molecular complexity index is 490. The molecule has 3 heteroatoms. The molecule has 0 aliphatic rings. The first-order valence-corrected chi connectivity index (χ1v) is 6.69. The molecule has 0 bridgehead atoms. The number of nitrogens with one attached hydrogen (secondary N) is 1. The van der Waals surface area contributed by atoms with Crippen LogP contribution in [0, 0.1) is 0 Å². The number of hydrogen-bond donors (Lipinski definition) is 1. The van der Waals surface area contributed by atoms with Crippen molar-refractivity contribution in [1.29, 1.82) is 0 Å². The van der Waals surface area contributed by atoms with Crippen LogP contribution in [0.4, 0.5) is 0 Å². The molecule has 0 atom stereocenters. The summed E-state index contributed by atoms with van der Waals surface area (Å²) in [6, 6.07) is 8.54. The molecule has 0 saturated carbocycles. The average Bonchev–Trinajstić information content (AvgIpc) is 2.70. The molecule has 0 aliphatic heterocycles. The van der Waals surface area contributed by atoms with Crippen molar-refractivity contribution in [2.24, 2.45) is 0 Å². The summed E-state index contributed by atoms with van der Waals surface area (Å²) in [6.45, 7) is 5.92. The highest BCUT2D eigenvalue weighted by atomic mass is 32.1. The summed E-state index contributed by atoms with van der Waals surface area (Å²) in [6.07, 6.45) is 0. The standard InChI is InChI=1S/C14H19NOS/c1-14(2,10-16-3)15-8-11-9-17-13-7-5-4-6-12(11)13/h4-7,9,15H,8,10H2,1-3H3. The molecule has 1 heterocycles. The predicted molar refractivity (Wildman–Crippen MR) is 74.6 cm³/mol. The van der Waals surface area contributed by atoms with Crippen molar-refractivity contribution in [2.45, 2.75) is 25.9 Å². The van der Waals surface area contributed by atoms with Gasteiger partial charge in [-0.3, -0.25) is 0 Å². The zero-order chi connectivity index (χ0) is 12.3. The van der Waals surface area contributed by atoms with Gasteiger partial charge in [0.1, 0.15) is 0 Å². The molecule has 0 unspecified atom stereocenters. The largest absolute Gasteiger partial charge is 0.383 e. The van der Waals surface area contributed by atoms with Gasteiger partial charge < -0.3 is 10.1 Å². The van der Waals surface area contributed by atoms with E-state index in [0.717, 1.165) is 13.2 Å². The van der Waals surface area contributed by atoms with Gasteiger partial charge in [-0.05, 0) is 36.2 Å². The Morgan fingerprint density at radius 2 is 2.06 bits per heavy atom. The normalized spacial score (nSPS) is 12.2. The van der Waals surface area contributed by atoms with E-state index in [0.29, 0.717) is 0 Å². The van der Waals surface area contributed by atoms with Crippen LogP contribution in [0.2, 0.25) is 0 Å². The zero-order valence-electron chi connectivity index (χ0n) is 10.6. The van der Waals surface area contributed by atoms with E-state index in [2.05, 4.69) is 48.8 Å². The maximum Gasteiger partial charge on any atom is 0.0639 e. The molecule has 0 radical (unpaired) electrons. The van der Waals surface area contributed by atoms with Crippen LogP contribution in [0.15, 0.2) is 29.6 Å². The summed E-state index contributed by atoms with van der Waals surface area (Å²) in [5, 5.41) is 7.13. The lowest BCUT2D eigenvalue weighted by atomic mass is 10.1. The smallest absolute Gasteiger partial charge is 0.0639 e. The maximum atomic E-state index is 5.20. The molecule has 0 amide bonds. The van der Waals surface area contributed by atoms with Gasteiger partial charge in [0, 0.05) is 23.9 Å². The minimum Gasteiger partial charge on any atom is -0.383 e. The van der Waals surface area contributed by atoms with Gasteiger partial charge in [-0.25, -0.2) is 0 Å². The fourth-order valence-corrected chi connectivity index (χ4v) is 2.88. The van der Waals surface area contributed by atoms with E-state index in [9.17, 15) is 0 Å². The third-order valence-electron chi connectivity index (χ3n) is 2.82. The molecule has 17 heavy (non-hydrogen) atoms. The summed E-state index contributed by atoms with van der Waals surface area (Å²) < 4.78 is 6.56. The molecule has 2 rings (SSSR count). The maximum absolute atomic E-state index is 5.20. The monoisotopic (exact) mass is 249 g/mol. The molecule has 1 aromatic heterocycles. The third-order valence-corrected chi connectivity index (χ3v) is 3.84. The first kappa shape index (κ1) is 12.6. The van der Waals surface area contributed by atoms with Gasteiger partial charge in [-0.1, -0.05) is 18.2 Å². The van der Waals surface area contributed by atoms with E-state index < -0.39 is 0 Å². The van der Waals surface area contributed by atoms with Gasteiger partial charge in [-0.2, -0.15) is 0 Å². The van der Waals surface area contributed by atoms with Crippen LogP contribution in [0.5, 0.6) is 0 Å². The van der Waals surface area contributed by atoms with E-state index in [1.165, 1.54) is 15.6 Å². The minimum atomic E-state index is 0.0117. The average molecular weight is 249 g/mol. The Kier molecular flexibility index (Phi) is 3.82. The van der Waals surface area contributed by atoms with Crippen LogP contribution in [0.25, 0.3) is 10.1 Å². The van der Waals surface area contributed by atoms with E-state index in [4.69, 9.17) is 4.74 Å². The lowest BCUT2D eigenvalue weighted by Gasteiger charge is -2.25. The fourth-order valence-electron chi connectivity index (χ4n) is 1.92. The number of thiophene rings is 1. The number of methoxy groups -OCH3 is 1. The van der Waals surface area contributed by atoms with Gasteiger partial charge in [0.15, 0.2) is 0 Å². The first-order chi connectivity index (χ1) is 8.12. The molecule has 1 aromatic carbocycles. The van der Waals surface area contributed by atoms with Crippen LogP contribution in [0.3, 0.4) is 0 Å². The minimum absolute atomic E-state index is 0.0117. The molecule has 0 aliphatic carbocycles. The summed E-state index contributed by atoms with van der Waals surface area (Å²) in [4.78, 5) is 0. The summed E-state index contributed by atoms with van der Waals surface area (Å²) in [7, 11) is 1.74. The number of hydrogen-bond acceptors (Lipinski definition) is 3. The van der Waals surface area contributed by atoms with Crippen LogP contribution < -0.4 is 5.32 Å². The van der Waals surface area contributed by atoms with Crippen molar-refractivity contribution in [3.8, 4) is 0 Å². The number of ether oxygens (including phenoxy) is 1. The topological polar surface area (TPSA) is 21.3 Å². The first-order valence-electron chi connectivity index (χ1n) is 5.81. The summed E-state index contributed by atoms with van der Waals surface area (Å²) in [5.41, 5.74) is 1.38. The van der Waals surface area contributed by atoms with E-state index >= 15 is 0 Å². The van der Waals surface area contributed by atoms with Crippen molar-refractivity contribution < 1.29 is 4.74 Å². The molecule has 1 N–H and O–H groups in total. The van der Waals surface area contributed by atoms with Gasteiger partial charge in [-0.15, -0.1) is 11.3 Å². The molecular formula is C14H19NOS. The Morgan fingerprint density at radius 3 is 2.82 bits per heavy atom. The van der Waals surface area contributed by atoms with Gasteiger partial charge in [0.2, 0.25) is 0 Å². The van der Waals surface area contributed by atoms with E-state index in [-0.39, 0.29) is 5.54 Å². The van der Waals surface area contributed by atoms with Crippen molar-refractivity contribution in [1.82, 2.24) is 5.32 Å². The number of fused-ring (bicyclic) bond motifs is 1. The van der Waals surface area contributed by atoms with E-state index in [1.54, 1.807) is 18.4 Å². The Morgan fingerprint density at radius 1 is 1.29 bits per heavy atom. The molecule has 0 fully saturated rings. The zero-order valence-corrected chi connectivity index (χ0v) is 11.4. The predicted octanol–water partition coefficient (Wildman–Crippen LogP) is 3.42. The second-order valence-corrected chi connectivity index (χ2v) is 5.84. The third kappa shape index (κ3) is 3.06. The van der Waals surface area contributed by atoms with Crippen LogP contribution in [-0.2, 0) is 11.3 Å². The summed E-state index contributed by atoms with van der Waals surface area (Å²) >= 11 is 1.81. The van der Waals surface area contributed by atoms with Crippen LogP contribution in [-0.4, -0.2) is 19.3 Å². The fraction of sp³-hybridized carbons (Fsp3) is 0.429. The van der Waals surface area contributed by atoms with Crippen molar-refractivity contribution in [2.75, 3.05) is 13.7 Å². The Labute approximate surface area is 107 Å². The van der Waals surface area contributed by atoms with Crippen molar-refractivity contribution in [3.63, 3.8) is 0 Å². The SMILES string of the molecule is COCC(C)(C)NCc1csc2ccccc12. The second kappa shape index (κ2) is 5.17. The highest BCUT2D eigenvalue weighted by Crippen LogP contribution is 2.25. The number of benzene rings is 1. The molecular weight excluding hydrogens is 230 g/mol. The second-order valence-electron chi connectivity index (χ2n) is 4.93. The van der Waals surface area contributed by atoms with Gasteiger partial charge >= 0.3 is 0 Å². The van der Waals surface area contributed by atoms with Crippen LogP contribution in [0.1, 0.15) is 19.4 Å². The molecule has 0 spiro atoms. The number of rotatable bonds is 5. The highest BCUT2D eigenvalue weighted by Gasteiger charge is 2.16. The van der Waals surface area contributed by atoms with Crippen LogP contribution >= 0.6 is 11.3 Å². The van der Waals surface area contributed by atoms with Gasteiger partial charge in [0.05, 0.1) is 6.61 Å². The Hall–Kier alpha value is -0.900. The molecule has 92 valence electrons. The lowest BCUT2D eigenvalue weighted by Crippen LogP contribution is -2.42. The van der Waals surface area contributed by atoms with Gasteiger partial charge in [0.25, 0.3) is 0 Å². The molecule has 0 saturated heterocycles. The molecule has 2 nitrogen and oxygen atoms in total. The Balaban J connectivity index is 2.09. The molecule has 2 aromatic rings.